The van der Waals surface area contributed by atoms with E-state index in [1.165, 1.54) is 6.33 Å². The van der Waals surface area contributed by atoms with Gasteiger partial charge < -0.3 is 4.98 Å². The number of H-pyrrole nitrogens is 1. The number of nitrogens with zero attached hydrogens (tertiary/aromatic N) is 3. The minimum Gasteiger partial charge on any atom is -0.312 e. The molecule has 0 aromatic carbocycles. The molecule has 0 atom stereocenters. The molecule has 0 aliphatic rings. The second kappa shape index (κ2) is 3.76. The average Bonchev–Trinajstić information content (AvgIpc) is 2.27. The molecule has 0 saturated carbocycles. The van der Waals surface area contributed by atoms with Gasteiger partial charge in [0, 0.05) is 6.42 Å². The molecular formula is C10H12N4O. The van der Waals surface area contributed by atoms with E-state index < -0.39 is 0 Å². The summed E-state index contributed by atoms with van der Waals surface area (Å²) in [5, 5.41) is 0.511. The maximum atomic E-state index is 11.6. The fourth-order valence-corrected chi connectivity index (χ4v) is 1.51. The molecule has 5 heteroatoms. The maximum absolute atomic E-state index is 11.6. The van der Waals surface area contributed by atoms with Crippen molar-refractivity contribution in [1.82, 2.24) is 19.9 Å². The van der Waals surface area contributed by atoms with Crippen LogP contribution in [0.4, 0.5) is 0 Å². The lowest BCUT2D eigenvalue weighted by Gasteiger charge is -2.03. The normalized spacial score (nSPS) is 10.8. The summed E-state index contributed by atoms with van der Waals surface area (Å²) in [5.74, 6) is 0.734. The number of hydrogen-bond donors (Lipinski definition) is 1. The number of aromatic nitrogens is 4. The van der Waals surface area contributed by atoms with E-state index in [0.29, 0.717) is 17.5 Å². The lowest BCUT2D eigenvalue weighted by molar-refractivity contribution is 0.899. The minimum atomic E-state index is -0.167. The van der Waals surface area contributed by atoms with Gasteiger partial charge in [0.2, 0.25) is 0 Å². The third kappa shape index (κ3) is 1.60. The maximum Gasteiger partial charge on any atom is 0.262 e. The largest absolute Gasteiger partial charge is 0.312 e. The van der Waals surface area contributed by atoms with Gasteiger partial charge in [-0.3, -0.25) is 4.79 Å². The molecule has 15 heavy (non-hydrogen) atoms. The Balaban J connectivity index is 2.87. The molecule has 0 amide bonds. The molecule has 5 nitrogen and oxygen atoms in total. The van der Waals surface area contributed by atoms with Crippen LogP contribution < -0.4 is 5.56 Å². The molecule has 0 bridgehead atoms. The lowest BCUT2D eigenvalue weighted by atomic mass is 10.2. The highest BCUT2D eigenvalue weighted by atomic mass is 16.1. The molecule has 78 valence electrons. The Bertz CT molecular complexity index is 547. The summed E-state index contributed by atoms with van der Waals surface area (Å²) in [6.45, 7) is 3.95. The number of fused-ring (bicyclic) bond motifs is 1. The van der Waals surface area contributed by atoms with Gasteiger partial charge in [-0.2, -0.15) is 0 Å². The van der Waals surface area contributed by atoms with Crippen LogP contribution in [0, 0.1) is 0 Å². The number of aryl methyl sites for hydroxylation is 2. The highest BCUT2D eigenvalue weighted by molar-refractivity contribution is 5.75. The topological polar surface area (TPSA) is 71.5 Å². The predicted molar refractivity (Wildman–Crippen MR) is 56.7 cm³/mol. The molecule has 0 aliphatic carbocycles. The Morgan fingerprint density at radius 1 is 1.27 bits per heavy atom. The number of nitrogens with one attached hydrogen (secondary N) is 1. The number of aromatic amines is 1. The Morgan fingerprint density at radius 3 is 2.73 bits per heavy atom. The molecule has 0 unspecified atom stereocenters. The van der Waals surface area contributed by atoms with Crippen molar-refractivity contribution in [2.24, 2.45) is 0 Å². The van der Waals surface area contributed by atoms with E-state index >= 15 is 0 Å². The summed E-state index contributed by atoms with van der Waals surface area (Å²) in [4.78, 5) is 26.7. The molecule has 0 saturated heterocycles. The molecule has 2 rings (SSSR count). The molecule has 0 spiro atoms. The predicted octanol–water partition coefficient (Wildman–Crippen LogP) is 0.838. The average molecular weight is 204 g/mol. The second-order valence-corrected chi connectivity index (χ2v) is 3.22. The van der Waals surface area contributed by atoms with Crippen LogP contribution in [-0.2, 0) is 12.8 Å². The first-order valence-corrected chi connectivity index (χ1v) is 4.99. The molecule has 0 fully saturated rings. The van der Waals surface area contributed by atoms with Crippen molar-refractivity contribution >= 4 is 11.0 Å². The summed E-state index contributed by atoms with van der Waals surface area (Å²) >= 11 is 0. The Hall–Kier alpha value is -1.78. The van der Waals surface area contributed by atoms with Crippen LogP contribution >= 0.6 is 0 Å². The third-order valence-electron chi connectivity index (χ3n) is 2.27. The van der Waals surface area contributed by atoms with E-state index in [0.717, 1.165) is 17.9 Å². The van der Waals surface area contributed by atoms with Crippen LogP contribution in [0.5, 0.6) is 0 Å². The highest BCUT2D eigenvalue weighted by Crippen LogP contribution is 2.09. The van der Waals surface area contributed by atoms with Gasteiger partial charge in [-0.25, -0.2) is 15.0 Å². The van der Waals surface area contributed by atoms with Crippen molar-refractivity contribution in [3.8, 4) is 0 Å². The van der Waals surface area contributed by atoms with E-state index in [2.05, 4.69) is 19.9 Å². The summed E-state index contributed by atoms with van der Waals surface area (Å²) < 4.78 is 0. The lowest BCUT2D eigenvalue weighted by Crippen LogP contribution is -2.12. The summed E-state index contributed by atoms with van der Waals surface area (Å²) in [5.41, 5.74) is 1.09. The van der Waals surface area contributed by atoms with Crippen LogP contribution in [0.2, 0.25) is 0 Å². The van der Waals surface area contributed by atoms with Crippen molar-refractivity contribution < 1.29 is 0 Å². The quantitative estimate of drug-likeness (QED) is 0.786. The monoisotopic (exact) mass is 204 g/mol. The Morgan fingerprint density at radius 2 is 2.07 bits per heavy atom. The van der Waals surface area contributed by atoms with Gasteiger partial charge in [-0.15, -0.1) is 0 Å². The van der Waals surface area contributed by atoms with Gasteiger partial charge in [0.25, 0.3) is 5.56 Å². The Kier molecular flexibility index (Phi) is 2.45. The molecule has 0 radical (unpaired) electrons. The van der Waals surface area contributed by atoms with Crippen molar-refractivity contribution in [2.45, 2.75) is 26.7 Å². The number of hydrogen-bond acceptors (Lipinski definition) is 4. The Labute approximate surface area is 86.6 Å². The van der Waals surface area contributed by atoms with E-state index in [4.69, 9.17) is 0 Å². The molecular weight excluding hydrogens is 192 g/mol. The smallest absolute Gasteiger partial charge is 0.262 e. The van der Waals surface area contributed by atoms with Crippen LogP contribution in [0.1, 0.15) is 25.4 Å². The first-order valence-electron chi connectivity index (χ1n) is 4.99. The van der Waals surface area contributed by atoms with E-state index in [9.17, 15) is 4.79 Å². The van der Waals surface area contributed by atoms with Crippen molar-refractivity contribution in [3.63, 3.8) is 0 Å². The summed E-state index contributed by atoms with van der Waals surface area (Å²) in [6.07, 6.45) is 2.83. The zero-order valence-electron chi connectivity index (χ0n) is 8.74. The zero-order chi connectivity index (χ0) is 10.8. The molecule has 2 aromatic rings. The standard InChI is InChI=1S/C10H12N4O/c1-3-6-8-9(11-5-12-10(8)15)14-7(4-2)13-6/h5H,3-4H2,1-2H3,(H,11,12,13,14,15). The van der Waals surface area contributed by atoms with Gasteiger partial charge in [-0.05, 0) is 6.42 Å². The van der Waals surface area contributed by atoms with E-state index in [-0.39, 0.29) is 5.56 Å². The van der Waals surface area contributed by atoms with Gasteiger partial charge in [0.15, 0.2) is 5.65 Å². The summed E-state index contributed by atoms with van der Waals surface area (Å²) in [6, 6.07) is 0. The number of rotatable bonds is 2. The van der Waals surface area contributed by atoms with Crippen molar-refractivity contribution in [3.05, 3.63) is 28.2 Å². The van der Waals surface area contributed by atoms with Gasteiger partial charge >= 0.3 is 0 Å². The van der Waals surface area contributed by atoms with E-state index in [1.807, 2.05) is 13.8 Å². The molecule has 2 heterocycles. The van der Waals surface area contributed by atoms with Gasteiger partial charge in [0.05, 0.1) is 12.0 Å². The first-order chi connectivity index (χ1) is 7.26. The van der Waals surface area contributed by atoms with Gasteiger partial charge in [-0.1, -0.05) is 13.8 Å². The minimum absolute atomic E-state index is 0.167. The van der Waals surface area contributed by atoms with Crippen LogP contribution in [-0.4, -0.2) is 19.9 Å². The van der Waals surface area contributed by atoms with Gasteiger partial charge in [0.1, 0.15) is 11.2 Å². The fourth-order valence-electron chi connectivity index (χ4n) is 1.51. The van der Waals surface area contributed by atoms with E-state index in [1.54, 1.807) is 0 Å². The van der Waals surface area contributed by atoms with Crippen LogP contribution in [0.15, 0.2) is 11.1 Å². The first kappa shape index (κ1) is 9.76. The fraction of sp³-hybridized carbons (Fsp3) is 0.400. The molecule has 1 N–H and O–H groups in total. The van der Waals surface area contributed by atoms with Crippen molar-refractivity contribution in [1.29, 1.82) is 0 Å². The van der Waals surface area contributed by atoms with Crippen molar-refractivity contribution in [2.75, 3.05) is 0 Å². The van der Waals surface area contributed by atoms with Crippen LogP contribution in [0.25, 0.3) is 11.0 Å². The SMILES string of the molecule is CCc1nc(CC)c2c(=O)[nH]cnc2n1. The second-order valence-electron chi connectivity index (χ2n) is 3.22. The molecule has 0 aliphatic heterocycles. The van der Waals surface area contributed by atoms with Crippen LogP contribution in [0.3, 0.4) is 0 Å². The summed E-state index contributed by atoms with van der Waals surface area (Å²) in [7, 11) is 0. The highest BCUT2D eigenvalue weighted by Gasteiger charge is 2.09. The molecule has 2 aromatic heterocycles. The zero-order valence-corrected chi connectivity index (χ0v) is 8.74. The third-order valence-corrected chi connectivity index (χ3v) is 2.27.